The first-order chi connectivity index (χ1) is 16.2. The fourth-order valence-electron chi connectivity index (χ4n) is 3.59. The lowest BCUT2D eigenvalue weighted by molar-refractivity contribution is -0.120. The van der Waals surface area contributed by atoms with Crippen LogP contribution in [0.4, 0.5) is 5.69 Å². The van der Waals surface area contributed by atoms with Crippen LogP contribution in [0.5, 0.6) is 5.75 Å². The van der Waals surface area contributed by atoms with Crippen molar-refractivity contribution in [2.75, 3.05) is 25.0 Å². The minimum absolute atomic E-state index is 0.0372. The van der Waals surface area contributed by atoms with Crippen LogP contribution in [0.1, 0.15) is 44.4 Å². The van der Waals surface area contributed by atoms with Gasteiger partial charge in [-0.05, 0) is 49.6 Å². The average Bonchev–Trinajstić information content (AvgIpc) is 2.81. The quantitative estimate of drug-likeness (QED) is 0.458. The number of anilines is 1. The smallest absolute Gasteiger partial charge is 0.264 e. The summed E-state index contributed by atoms with van der Waals surface area (Å²) in [6, 6.07) is 14.7. The van der Waals surface area contributed by atoms with Crippen LogP contribution in [-0.2, 0) is 4.79 Å². The van der Waals surface area contributed by atoms with Gasteiger partial charge in [-0.2, -0.15) is 10.4 Å². The normalized spacial score (nSPS) is 18.9. The van der Waals surface area contributed by atoms with E-state index < -0.39 is 6.10 Å². The maximum Gasteiger partial charge on any atom is 0.264 e. The van der Waals surface area contributed by atoms with Gasteiger partial charge in [0, 0.05) is 41.8 Å². The molecule has 0 fully saturated rings. The zero-order valence-corrected chi connectivity index (χ0v) is 20.3. The molecule has 1 aliphatic rings. The van der Waals surface area contributed by atoms with Gasteiger partial charge >= 0.3 is 0 Å². The molecule has 8 nitrogen and oxygen atoms in total. The summed E-state index contributed by atoms with van der Waals surface area (Å²) in [6.07, 6.45) is -0.341. The van der Waals surface area contributed by atoms with Gasteiger partial charge < -0.3 is 20.5 Å². The fraction of sp³-hybridized carbons (Fsp3) is 0.440. The second-order valence-corrected chi connectivity index (χ2v) is 9.63. The SMILES string of the molecule is C[C@@H]1CC(=O)N=N[C@@H]1c1ccc(NCC(C)(C)NC[C@@H](O)COc2cc(Cl)ccc2C#N)cc1. The third-order valence-corrected chi connectivity index (χ3v) is 5.86. The molecule has 1 heterocycles. The molecule has 0 saturated heterocycles. The van der Waals surface area contributed by atoms with Gasteiger partial charge in [0.05, 0.1) is 11.6 Å². The number of carbonyl (C=O) groups excluding carboxylic acids is 1. The Morgan fingerprint density at radius 1 is 1.29 bits per heavy atom. The van der Waals surface area contributed by atoms with Gasteiger partial charge in [-0.25, -0.2) is 0 Å². The minimum Gasteiger partial charge on any atom is -0.489 e. The standard InChI is InChI=1S/C25H30ClN5O3/c1-16-10-23(33)30-31-24(16)17-5-8-20(9-6-17)28-15-25(2,3)29-13-21(32)14-34-22-11-19(26)7-4-18(22)12-27/h4-9,11,16,21,24,28-29,32H,10,13-15H2,1-3H3/t16-,21-,24+/m1/s1. The van der Waals surface area contributed by atoms with Gasteiger partial charge in [-0.3, -0.25) is 4.79 Å². The second-order valence-electron chi connectivity index (χ2n) is 9.19. The van der Waals surface area contributed by atoms with Crippen molar-refractivity contribution in [1.82, 2.24) is 5.32 Å². The summed E-state index contributed by atoms with van der Waals surface area (Å²) in [5.74, 6) is 0.326. The van der Waals surface area contributed by atoms with E-state index in [1.54, 1.807) is 18.2 Å². The topological polar surface area (TPSA) is 119 Å². The van der Waals surface area contributed by atoms with Crippen molar-refractivity contribution in [2.45, 2.75) is 44.9 Å². The number of aliphatic hydroxyl groups excluding tert-OH is 1. The Bertz CT molecular complexity index is 1070. The highest BCUT2D eigenvalue weighted by molar-refractivity contribution is 6.30. The minimum atomic E-state index is -0.761. The van der Waals surface area contributed by atoms with E-state index in [1.165, 1.54) is 0 Å². The Labute approximate surface area is 205 Å². The number of carbonyl (C=O) groups is 1. The van der Waals surface area contributed by atoms with E-state index in [0.29, 0.717) is 35.8 Å². The summed E-state index contributed by atoms with van der Waals surface area (Å²) in [6.45, 7) is 7.06. The van der Waals surface area contributed by atoms with E-state index in [9.17, 15) is 9.90 Å². The summed E-state index contributed by atoms with van der Waals surface area (Å²) in [5, 5.41) is 34.6. The summed E-state index contributed by atoms with van der Waals surface area (Å²) >= 11 is 5.96. The Morgan fingerprint density at radius 2 is 2.03 bits per heavy atom. The van der Waals surface area contributed by atoms with Crippen molar-refractivity contribution in [3.63, 3.8) is 0 Å². The molecular weight excluding hydrogens is 454 g/mol. The Balaban J connectivity index is 1.45. The zero-order valence-electron chi connectivity index (χ0n) is 19.6. The van der Waals surface area contributed by atoms with Crippen LogP contribution in [0.15, 0.2) is 52.7 Å². The predicted octanol–water partition coefficient (Wildman–Crippen LogP) is 4.49. The molecule has 0 radical (unpaired) electrons. The number of azo groups is 1. The van der Waals surface area contributed by atoms with Crippen LogP contribution in [0.2, 0.25) is 5.02 Å². The maximum absolute atomic E-state index is 11.4. The van der Waals surface area contributed by atoms with Crippen LogP contribution in [0.3, 0.4) is 0 Å². The lowest BCUT2D eigenvalue weighted by atomic mass is 9.91. The van der Waals surface area contributed by atoms with Gasteiger partial charge in [0.25, 0.3) is 5.91 Å². The highest BCUT2D eigenvalue weighted by atomic mass is 35.5. The molecule has 3 N–H and O–H groups in total. The Hall–Kier alpha value is -2.99. The van der Waals surface area contributed by atoms with Gasteiger partial charge in [0.1, 0.15) is 24.5 Å². The van der Waals surface area contributed by atoms with Crippen molar-refractivity contribution >= 4 is 23.2 Å². The lowest BCUT2D eigenvalue weighted by Gasteiger charge is -2.29. The molecule has 0 aromatic heterocycles. The number of amides is 1. The average molecular weight is 484 g/mol. The molecule has 1 amide bonds. The largest absolute Gasteiger partial charge is 0.489 e. The van der Waals surface area contributed by atoms with E-state index in [4.69, 9.17) is 21.6 Å². The molecule has 0 bridgehead atoms. The third-order valence-electron chi connectivity index (χ3n) is 5.63. The fourth-order valence-corrected chi connectivity index (χ4v) is 3.76. The first-order valence-corrected chi connectivity index (χ1v) is 11.6. The van der Waals surface area contributed by atoms with Crippen LogP contribution in [0.25, 0.3) is 0 Å². The van der Waals surface area contributed by atoms with Gasteiger partial charge in [0.15, 0.2) is 0 Å². The number of aliphatic hydroxyl groups is 1. The number of nitriles is 1. The number of halogens is 1. The van der Waals surface area contributed by atoms with Crippen LogP contribution in [-0.4, -0.2) is 42.4 Å². The van der Waals surface area contributed by atoms with Gasteiger partial charge in [0.2, 0.25) is 0 Å². The molecule has 1 aliphatic heterocycles. The lowest BCUT2D eigenvalue weighted by Crippen LogP contribution is -2.49. The number of hydrogen-bond donors (Lipinski definition) is 3. The molecule has 2 aromatic rings. The van der Waals surface area contributed by atoms with E-state index in [2.05, 4.69) is 20.9 Å². The van der Waals surface area contributed by atoms with Crippen molar-refractivity contribution < 1.29 is 14.6 Å². The molecule has 3 rings (SSSR count). The highest BCUT2D eigenvalue weighted by Gasteiger charge is 2.26. The van der Waals surface area contributed by atoms with Crippen molar-refractivity contribution in [3.05, 3.63) is 58.6 Å². The number of hydrogen-bond acceptors (Lipinski definition) is 7. The summed E-state index contributed by atoms with van der Waals surface area (Å²) in [7, 11) is 0. The summed E-state index contributed by atoms with van der Waals surface area (Å²) in [5.41, 5.74) is 2.06. The van der Waals surface area contributed by atoms with Crippen LogP contribution < -0.4 is 15.4 Å². The van der Waals surface area contributed by atoms with Crippen molar-refractivity contribution in [3.8, 4) is 11.8 Å². The van der Waals surface area contributed by atoms with Gasteiger partial charge in [-0.1, -0.05) is 30.7 Å². The Morgan fingerprint density at radius 3 is 2.71 bits per heavy atom. The molecule has 2 aromatic carbocycles. The highest BCUT2D eigenvalue weighted by Crippen LogP contribution is 2.32. The van der Waals surface area contributed by atoms with E-state index in [0.717, 1.165) is 11.3 Å². The zero-order chi connectivity index (χ0) is 24.7. The number of β-amino-alcohol motifs (C(OH)–C–C–N with tert-alkyl or cyclic N) is 1. The molecule has 34 heavy (non-hydrogen) atoms. The number of nitrogens with zero attached hydrogens (tertiary/aromatic N) is 3. The van der Waals surface area contributed by atoms with Crippen molar-refractivity contribution in [2.24, 2.45) is 16.1 Å². The van der Waals surface area contributed by atoms with Crippen molar-refractivity contribution in [1.29, 1.82) is 5.26 Å². The number of rotatable bonds is 10. The number of benzene rings is 2. The van der Waals surface area contributed by atoms with E-state index in [1.807, 2.05) is 51.1 Å². The molecule has 0 aliphatic carbocycles. The molecule has 3 atom stereocenters. The number of nitrogens with one attached hydrogen (secondary N) is 2. The van der Waals surface area contributed by atoms with E-state index >= 15 is 0 Å². The summed E-state index contributed by atoms with van der Waals surface area (Å²) < 4.78 is 5.59. The van der Waals surface area contributed by atoms with Gasteiger partial charge in [-0.15, -0.1) is 5.11 Å². The second kappa shape index (κ2) is 11.4. The monoisotopic (exact) mass is 483 g/mol. The molecule has 0 spiro atoms. The van der Waals surface area contributed by atoms with Crippen LogP contribution >= 0.6 is 11.6 Å². The maximum atomic E-state index is 11.4. The number of ether oxygens (including phenoxy) is 1. The first-order valence-electron chi connectivity index (χ1n) is 11.2. The third kappa shape index (κ3) is 7.26. The summed E-state index contributed by atoms with van der Waals surface area (Å²) in [4.78, 5) is 11.4. The first kappa shape index (κ1) is 25.6. The molecule has 180 valence electrons. The molecule has 0 unspecified atom stereocenters. The predicted molar refractivity (Wildman–Crippen MR) is 131 cm³/mol. The molecular formula is C25H30ClN5O3. The molecule has 9 heteroatoms. The van der Waals surface area contributed by atoms with Crippen LogP contribution in [0, 0.1) is 17.2 Å². The Kier molecular flexibility index (Phi) is 8.61. The molecule has 0 saturated carbocycles. The van der Waals surface area contributed by atoms with E-state index in [-0.39, 0.29) is 30.0 Å².